The van der Waals surface area contributed by atoms with Crippen LogP contribution < -0.4 is 10.9 Å². The smallest absolute Gasteiger partial charge is 0.270 e. The fraction of sp³-hybridized carbons (Fsp3) is 0.389. The number of aromatic amines is 1. The quantitative estimate of drug-likeness (QED) is 0.611. The maximum atomic E-state index is 12.3. The van der Waals surface area contributed by atoms with E-state index in [0.29, 0.717) is 35.7 Å². The van der Waals surface area contributed by atoms with Gasteiger partial charge in [-0.2, -0.15) is 0 Å². The van der Waals surface area contributed by atoms with Crippen molar-refractivity contribution in [3.63, 3.8) is 0 Å². The molecule has 27 heavy (non-hydrogen) atoms. The molecular formula is C18H22N6O3. The van der Waals surface area contributed by atoms with Gasteiger partial charge >= 0.3 is 0 Å². The number of carbonyl (C=O) groups is 1. The van der Waals surface area contributed by atoms with Crippen molar-refractivity contribution in [3.05, 3.63) is 52.5 Å². The Morgan fingerprint density at radius 1 is 1.37 bits per heavy atom. The zero-order valence-corrected chi connectivity index (χ0v) is 15.3. The van der Waals surface area contributed by atoms with Gasteiger partial charge in [-0.05, 0) is 19.1 Å². The summed E-state index contributed by atoms with van der Waals surface area (Å²) in [4.78, 5) is 31.6. The lowest BCUT2D eigenvalue weighted by molar-refractivity contribution is -0.121. The molecular weight excluding hydrogens is 348 g/mol. The number of hydrogen-bond donors (Lipinski definition) is 2. The number of fused-ring (bicyclic) bond motifs is 1. The van der Waals surface area contributed by atoms with Gasteiger partial charge in [-0.25, -0.2) is 4.98 Å². The number of aromatic nitrogens is 5. The summed E-state index contributed by atoms with van der Waals surface area (Å²) in [5.74, 6) is 0.472. The van der Waals surface area contributed by atoms with Crippen LogP contribution in [0, 0.1) is 0 Å². The van der Waals surface area contributed by atoms with Crippen LogP contribution in [0.25, 0.3) is 11.0 Å². The molecule has 0 aliphatic heterocycles. The van der Waals surface area contributed by atoms with E-state index < -0.39 is 0 Å². The standard InChI is InChI=1S/C18H22N6O3/c1-12(17-23-19-11-24(17)9-10-27-2)20-16(25)8-7-15-18(26)22-14-6-4-3-5-13(14)21-15/h3-6,11-12H,7-10H2,1-2H3,(H,20,25)(H,22,26)/t12-/m1/s1. The van der Waals surface area contributed by atoms with Crippen LogP contribution in [0.4, 0.5) is 0 Å². The molecule has 2 aromatic heterocycles. The van der Waals surface area contributed by atoms with Crippen molar-refractivity contribution in [2.75, 3.05) is 13.7 Å². The Hall–Kier alpha value is -3.07. The van der Waals surface area contributed by atoms with Crippen LogP contribution >= 0.6 is 0 Å². The van der Waals surface area contributed by atoms with Gasteiger partial charge in [0, 0.05) is 26.5 Å². The topological polar surface area (TPSA) is 115 Å². The summed E-state index contributed by atoms with van der Waals surface area (Å²) in [5.41, 5.74) is 1.46. The summed E-state index contributed by atoms with van der Waals surface area (Å²) in [7, 11) is 1.62. The molecule has 1 atom stereocenters. The van der Waals surface area contributed by atoms with Crippen LogP contribution in [0.5, 0.6) is 0 Å². The van der Waals surface area contributed by atoms with Crippen LogP contribution in [0.3, 0.4) is 0 Å². The third kappa shape index (κ3) is 4.56. The highest BCUT2D eigenvalue weighted by Gasteiger charge is 2.16. The van der Waals surface area contributed by atoms with Crippen molar-refractivity contribution in [2.24, 2.45) is 0 Å². The Balaban J connectivity index is 1.61. The molecule has 0 saturated carbocycles. The molecule has 0 bridgehead atoms. The average Bonchev–Trinajstić information content (AvgIpc) is 3.13. The van der Waals surface area contributed by atoms with Gasteiger partial charge in [0.1, 0.15) is 12.0 Å². The lowest BCUT2D eigenvalue weighted by Crippen LogP contribution is -2.29. The molecule has 0 fully saturated rings. The van der Waals surface area contributed by atoms with Gasteiger partial charge in [-0.3, -0.25) is 9.59 Å². The Kier molecular flexibility index (Phi) is 5.92. The number of methoxy groups -OCH3 is 1. The number of aryl methyl sites for hydroxylation is 1. The minimum absolute atomic E-state index is 0.158. The highest BCUT2D eigenvalue weighted by Crippen LogP contribution is 2.10. The normalized spacial score (nSPS) is 12.2. The molecule has 9 heteroatoms. The zero-order valence-electron chi connectivity index (χ0n) is 15.3. The predicted octanol–water partition coefficient (Wildman–Crippen LogP) is 0.971. The second-order valence-corrected chi connectivity index (χ2v) is 6.19. The highest BCUT2D eigenvalue weighted by molar-refractivity contribution is 5.77. The van der Waals surface area contributed by atoms with Crippen molar-refractivity contribution < 1.29 is 9.53 Å². The number of ether oxygens (including phenoxy) is 1. The molecule has 9 nitrogen and oxygen atoms in total. The van der Waals surface area contributed by atoms with E-state index in [1.807, 2.05) is 29.7 Å². The van der Waals surface area contributed by atoms with Crippen LogP contribution in [-0.4, -0.2) is 44.4 Å². The number of carbonyl (C=O) groups excluding carboxylic acids is 1. The third-order valence-corrected chi connectivity index (χ3v) is 4.21. The molecule has 2 heterocycles. The van der Waals surface area contributed by atoms with E-state index >= 15 is 0 Å². The van der Waals surface area contributed by atoms with E-state index in [9.17, 15) is 9.59 Å². The van der Waals surface area contributed by atoms with Crippen LogP contribution in [0.15, 0.2) is 35.4 Å². The molecule has 0 radical (unpaired) electrons. The number of nitrogens with zero attached hydrogens (tertiary/aromatic N) is 4. The van der Waals surface area contributed by atoms with Crippen molar-refractivity contribution in [2.45, 2.75) is 32.4 Å². The number of benzene rings is 1. The van der Waals surface area contributed by atoms with Gasteiger partial charge < -0.3 is 19.6 Å². The number of hydrogen-bond acceptors (Lipinski definition) is 6. The van der Waals surface area contributed by atoms with E-state index in [-0.39, 0.29) is 30.3 Å². The third-order valence-electron chi connectivity index (χ3n) is 4.21. The average molecular weight is 370 g/mol. The Morgan fingerprint density at radius 2 is 2.19 bits per heavy atom. The maximum absolute atomic E-state index is 12.3. The Morgan fingerprint density at radius 3 is 3.00 bits per heavy atom. The lowest BCUT2D eigenvalue weighted by atomic mass is 10.2. The molecule has 0 saturated heterocycles. The minimum atomic E-state index is -0.306. The number of H-pyrrole nitrogens is 1. The maximum Gasteiger partial charge on any atom is 0.270 e. The Labute approximate surface area is 155 Å². The van der Waals surface area contributed by atoms with Gasteiger partial charge in [0.25, 0.3) is 5.56 Å². The first-order valence-electron chi connectivity index (χ1n) is 8.72. The van der Waals surface area contributed by atoms with Crippen molar-refractivity contribution >= 4 is 16.9 Å². The van der Waals surface area contributed by atoms with E-state index in [1.165, 1.54) is 0 Å². The van der Waals surface area contributed by atoms with E-state index in [2.05, 4.69) is 25.5 Å². The minimum Gasteiger partial charge on any atom is -0.383 e. The van der Waals surface area contributed by atoms with Gasteiger partial charge in [-0.15, -0.1) is 10.2 Å². The molecule has 3 rings (SSSR count). The summed E-state index contributed by atoms with van der Waals surface area (Å²) in [5, 5.41) is 10.8. The van der Waals surface area contributed by atoms with Crippen LogP contribution in [0.2, 0.25) is 0 Å². The molecule has 3 aromatic rings. The molecule has 2 N–H and O–H groups in total. The molecule has 1 aromatic carbocycles. The monoisotopic (exact) mass is 370 g/mol. The number of amides is 1. The van der Waals surface area contributed by atoms with E-state index in [1.54, 1.807) is 19.5 Å². The molecule has 0 spiro atoms. The summed E-state index contributed by atoms with van der Waals surface area (Å²) in [6.07, 6.45) is 2.02. The zero-order chi connectivity index (χ0) is 19.2. The second-order valence-electron chi connectivity index (χ2n) is 6.19. The molecule has 0 unspecified atom stereocenters. The van der Waals surface area contributed by atoms with E-state index in [0.717, 1.165) is 0 Å². The number of nitrogens with one attached hydrogen (secondary N) is 2. The second kappa shape index (κ2) is 8.54. The predicted molar refractivity (Wildman–Crippen MR) is 99.1 cm³/mol. The van der Waals surface area contributed by atoms with Gasteiger partial charge in [0.15, 0.2) is 5.82 Å². The molecule has 0 aliphatic rings. The van der Waals surface area contributed by atoms with Gasteiger partial charge in [0.2, 0.25) is 5.91 Å². The fourth-order valence-corrected chi connectivity index (χ4v) is 2.81. The largest absolute Gasteiger partial charge is 0.383 e. The van der Waals surface area contributed by atoms with Crippen molar-refractivity contribution in [3.8, 4) is 0 Å². The molecule has 142 valence electrons. The highest BCUT2D eigenvalue weighted by atomic mass is 16.5. The van der Waals surface area contributed by atoms with Gasteiger partial charge in [0.05, 0.1) is 23.7 Å². The summed E-state index contributed by atoms with van der Waals surface area (Å²) in [6, 6.07) is 7.00. The number of para-hydroxylation sites is 2. The summed E-state index contributed by atoms with van der Waals surface area (Å²) in [6.45, 7) is 2.98. The first-order chi connectivity index (χ1) is 13.1. The summed E-state index contributed by atoms with van der Waals surface area (Å²) < 4.78 is 6.89. The number of rotatable bonds is 8. The van der Waals surface area contributed by atoms with Crippen LogP contribution in [-0.2, 0) is 22.5 Å². The first kappa shape index (κ1) is 18.7. The molecule has 0 aliphatic carbocycles. The van der Waals surface area contributed by atoms with Crippen molar-refractivity contribution in [1.29, 1.82) is 0 Å². The lowest BCUT2D eigenvalue weighted by Gasteiger charge is -2.14. The Bertz CT molecular complexity index is 980. The molecule has 1 amide bonds. The first-order valence-corrected chi connectivity index (χ1v) is 8.72. The summed E-state index contributed by atoms with van der Waals surface area (Å²) >= 11 is 0. The SMILES string of the molecule is COCCn1cnnc1[C@@H](C)NC(=O)CCc1nc2ccccc2[nH]c1=O. The van der Waals surface area contributed by atoms with Crippen LogP contribution in [0.1, 0.15) is 30.9 Å². The van der Waals surface area contributed by atoms with Gasteiger partial charge in [-0.1, -0.05) is 12.1 Å². The van der Waals surface area contributed by atoms with Crippen molar-refractivity contribution in [1.82, 2.24) is 30.0 Å². The van der Waals surface area contributed by atoms with E-state index in [4.69, 9.17) is 4.74 Å². The fourth-order valence-electron chi connectivity index (χ4n) is 2.81.